The van der Waals surface area contributed by atoms with Gasteiger partial charge in [-0.3, -0.25) is 9.69 Å². The molecule has 6 nitrogen and oxygen atoms in total. The standard InChI is InChI=1S/C18H25N3O3/c1-20(2)18(14-6-4-3-5-7-14)10-8-17(9-11-18)13-19-16(24)21(17)12-15(22)23/h3-7H,8-13H2,1-2H3,(H,19,24)(H,22,23)/t17-,18-. The van der Waals surface area contributed by atoms with E-state index in [-0.39, 0.29) is 23.7 Å². The fourth-order valence-electron chi connectivity index (χ4n) is 4.34. The molecule has 0 bridgehead atoms. The van der Waals surface area contributed by atoms with Crippen molar-refractivity contribution < 1.29 is 14.7 Å². The number of nitrogens with zero attached hydrogens (tertiary/aromatic N) is 2. The Kier molecular flexibility index (Phi) is 4.25. The summed E-state index contributed by atoms with van der Waals surface area (Å²) in [5.41, 5.74) is 0.850. The second-order valence-corrected chi connectivity index (χ2v) is 7.15. The third kappa shape index (κ3) is 2.65. The van der Waals surface area contributed by atoms with Crippen molar-refractivity contribution in [2.75, 3.05) is 27.2 Å². The summed E-state index contributed by atoms with van der Waals surface area (Å²) in [6.45, 7) is 0.309. The summed E-state index contributed by atoms with van der Waals surface area (Å²) in [6.07, 6.45) is 3.39. The summed E-state index contributed by atoms with van der Waals surface area (Å²) in [7, 11) is 4.19. The van der Waals surface area contributed by atoms with E-state index in [0.717, 1.165) is 25.7 Å². The number of hydrogen-bond donors (Lipinski definition) is 2. The highest BCUT2D eigenvalue weighted by atomic mass is 16.4. The number of urea groups is 1. The van der Waals surface area contributed by atoms with Gasteiger partial charge in [-0.1, -0.05) is 30.3 Å². The van der Waals surface area contributed by atoms with Crippen LogP contribution in [-0.4, -0.2) is 59.6 Å². The highest BCUT2D eigenvalue weighted by molar-refractivity contribution is 5.83. The zero-order valence-electron chi connectivity index (χ0n) is 14.3. The molecule has 2 amide bonds. The normalized spacial score (nSPS) is 30.0. The molecule has 1 aliphatic carbocycles. The smallest absolute Gasteiger partial charge is 0.323 e. The Morgan fingerprint density at radius 1 is 1.21 bits per heavy atom. The number of hydrogen-bond acceptors (Lipinski definition) is 3. The van der Waals surface area contributed by atoms with Crippen molar-refractivity contribution in [1.29, 1.82) is 0 Å². The topological polar surface area (TPSA) is 72.9 Å². The summed E-state index contributed by atoms with van der Waals surface area (Å²) >= 11 is 0. The number of nitrogens with one attached hydrogen (secondary N) is 1. The van der Waals surface area contributed by atoms with Gasteiger partial charge in [-0.25, -0.2) is 4.79 Å². The molecule has 2 aliphatic rings. The number of amides is 2. The lowest BCUT2D eigenvalue weighted by molar-refractivity contribution is -0.139. The van der Waals surface area contributed by atoms with E-state index in [4.69, 9.17) is 5.11 Å². The first-order chi connectivity index (χ1) is 11.4. The number of carboxylic acid groups (broad SMARTS) is 1. The molecule has 0 aromatic heterocycles. The average Bonchev–Trinajstić information content (AvgIpc) is 2.86. The molecule has 1 aromatic rings. The SMILES string of the molecule is CN(C)[C@]1(c2ccccc2)CC[C@@]2(CC1)CNC(=O)N2CC(=O)O. The van der Waals surface area contributed by atoms with Crippen LogP contribution in [0.1, 0.15) is 31.2 Å². The minimum absolute atomic E-state index is 0.0625. The van der Waals surface area contributed by atoms with Gasteiger partial charge in [0.1, 0.15) is 6.54 Å². The molecule has 3 rings (SSSR count). The quantitative estimate of drug-likeness (QED) is 0.883. The average molecular weight is 331 g/mol. The molecule has 1 aromatic carbocycles. The number of benzene rings is 1. The maximum atomic E-state index is 12.1. The van der Waals surface area contributed by atoms with Gasteiger partial charge in [-0.2, -0.15) is 0 Å². The third-order valence-corrected chi connectivity index (χ3v) is 5.85. The Balaban J connectivity index is 1.85. The lowest BCUT2D eigenvalue weighted by Crippen LogP contribution is -2.56. The predicted octanol–water partition coefficient (Wildman–Crippen LogP) is 1.87. The van der Waals surface area contributed by atoms with Crippen molar-refractivity contribution in [1.82, 2.24) is 15.1 Å². The molecule has 1 saturated carbocycles. The van der Waals surface area contributed by atoms with Gasteiger partial charge in [-0.15, -0.1) is 0 Å². The van der Waals surface area contributed by atoms with E-state index in [2.05, 4.69) is 48.6 Å². The van der Waals surface area contributed by atoms with Crippen LogP contribution in [0, 0.1) is 0 Å². The molecule has 1 saturated heterocycles. The van der Waals surface area contributed by atoms with Gasteiger partial charge in [0.05, 0.1) is 5.54 Å². The van der Waals surface area contributed by atoms with Crippen LogP contribution in [0.15, 0.2) is 30.3 Å². The van der Waals surface area contributed by atoms with Crippen molar-refractivity contribution in [2.24, 2.45) is 0 Å². The molecule has 0 radical (unpaired) electrons. The molecule has 24 heavy (non-hydrogen) atoms. The first kappa shape index (κ1) is 16.8. The highest BCUT2D eigenvalue weighted by Crippen LogP contribution is 2.47. The van der Waals surface area contributed by atoms with Crippen molar-refractivity contribution in [2.45, 2.75) is 36.8 Å². The van der Waals surface area contributed by atoms with Crippen LogP contribution >= 0.6 is 0 Å². The molecule has 130 valence electrons. The van der Waals surface area contributed by atoms with E-state index in [0.29, 0.717) is 6.54 Å². The molecule has 2 N–H and O–H groups in total. The van der Waals surface area contributed by atoms with Gasteiger partial charge < -0.3 is 15.3 Å². The summed E-state index contributed by atoms with van der Waals surface area (Å²) in [5.74, 6) is -0.959. The van der Waals surface area contributed by atoms with Crippen LogP contribution < -0.4 is 5.32 Å². The minimum atomic E-state index is -0.959. The lowest BCUT2D eigenvalue weighted by atomic mass is 9.68. The van der Waals surface area contributed by atoms with E-state index in [9.17, 15) is 9.59 Å². The van der Waals surface area contributed by atoms with Crippen LogP contribution in [0.4, 0.5) is 4.79 Å². The van der Waals surface area contributed by atoms with E-state index >= 15 is 0 Å². The number of aliphatic carboxylic acids is 1. The summed E-state index contributed by atoms with van der Waals surface area (Å²) < 4.78 is 0. The zero-order chi connectivity index (χ0) is 17.4. The molecule has 6 heteroatoms. The Morgan fingerprint density at radius 3 is 2.38 bits per heavy atom. The Hall–Kier alpha value is -2.08. The second-order valence-electron chi connectivity index (χ2n) is 7.15. The van der Waals surface area contributed by atoms with Crippen LogP contribution in [0.25, 0.3) is 0 Å². The number of rotatable bonds is 4. The zero-order valence-corrected chi connectivity index (χ0v) is 14.3. The largest absolute Gasteiger partial charge is 0.480 e. The molecule has 1 spiro atoms. The summed E-state index contributed by atoms with van der Waals surface area (Å²) in [5, 5.41) is 12.0. The molecule has 0 unspecified atom stereocenters. The molecule has 2 fully saturated rings. The van der Waals surface area contributed by atoms with Crippen molar-refractivity contribution in [3.8, 4) is 0 Å². The highest BCUT2D eigenvalue weighted by Gasteiger charge is 2.52. The third-order valence-electron chi connectivity index (χ3n) is 5.85. The first-order valence-corrected chi connectivity index (χ1v) is 8.40. The van der Waals surface area contributed by atoms with Gasteiger partial charge >= 0.3 is 12.0 Å². The van der Waals surface area contributed by atoms with E-state index in [1.54, 1.807) is 0 Å². The maximum absolute atomic E-state index is 12.1. The monoisotopic (exact) mass is 331 g/mol. The molecular formula is C18H25N3O3. The molecule has 0 atom stereocenters. The fourth-order valence-corrected chi connectivity index (χ4v) is 4.34. The fraction of sp³-hybridized carbons (Fsp3) is 0.556. The predicted molar refractivity (Wildman–Crippen MR) is 90.7 cm³/mol. The Morgan fingerprint density at radius 2 is 1.83 bits per heavy atom. The van der Waals surface area contributed by atoms with Gasteiger partial charge in [0, 0.05) is 12.1 Å². The van der Waals surface area contributed by atoms with Gasteiger partial charge in [-0.05, 0) is 45.3 Å². The number of carboxylic acids is 1. The lowest BCUT2D eigenvalue weighted by Gasteiger charge is -2.50. The minimum Gasteiger partial charge on any atom is -0.480 e. The van der Waals surface area contributed by atoms with Crippen molar-refractivity contribution >= 4 is 12.0 Å². The maximum Gasteiger partial charge on any atom is 0.323 e. The summed E-state index contributed by atoms with van der Waals surface area (Å²) in [4.78, 5) is 27.0. The number of carbonyl (C=O) groups is 2. The van der Waals surface area contributed by atoms with Crippen LogP contribution in [0.5, 0.6) is 0 Å². The van der Waals surface area contributed by atoms with Crippen molar-refractivity contribution in [3.63, 3.8) is 0 Å². The second kappa shape index (κ2) is 6.09. The Labute approximate surface area is 142 Å². The van der Waals surface area contributed by atoms with Gasteiger partial charge in [0.25, 0.3) is 0 Å². The molecule has 1 heterocycles. The van der Waals surface area contributed by atoms with E-state index < -0.39 is 5.97 Å². The van der Waals surface area contributed by atoms with Crippen LogP contribution in [0.3, 0.4) is 0 Å². The van der Waals surface area contributed by atoms with Gasteiger partial charge in [0.2, 0.25) is 0 Å². The van der Waals surface area contributed by atoms with Gasteiger partial charge in [0.15, 0.2) is 0 Å². The van der Waals surface area contributed by atoms with Crippen molar-refractivity contribution in [3.05, 3.63) is 35.9 Å². The molecule has 1 aliphatic heterocycles. The molecular weight excluding hydrogens is 306 g/mol. The number of carbonyl (C=O) groups excluding carboxylic acids is 1. The Bertz CT molecular complexity index is 622. The van der Waals surface area contributed by atoms with Crippen LogP contribution in [-0.2, 0) is 10.3 Å². The first-order valence-electron chi connectivity index (χ1n) is 8.40. The van der Waals surface area contributed by atoms with E-state index in [1.807, 2.05) is 6.07 Å². The summed E-state index contributed by atoms with van der Waals surface area (Å²) in [6, 6.07) is 10.2. The van der Waals surface area contributed by atoms with Crippen LogP contribution in [0.2, 0.25) is 0 Å². The van der Waals surface area contributed by atoms with E-state index in [1.165, 1.54) is 10.5 Å².